The van der Waals surface area contributed by atoms with Crippen molar-refractivity contribution in [2.24, 2.45) is 0 Å². The van der Waals surface area contributed by atoms with Gasteiger partial charge in [-0.05, 0) is 24.2 Å². The lowest BCUT2D eigenvalue weighted by molar-refractivity contribution is 0.0553. The quantitative estimate of drug-likeness (QED) is 0.515. The number of esters is 2. The molecule has 0 radical (unpaired) electrons. The fraction of sp³-hybridized carbons (Fsp3) is 0.500. The van der Waals surface area contributed by atoms with Crippen LogP contribution in [0.25, 0.3) is 0 Å². The molecular weight excluding hydrogens is 314 g/mol. The second-order valence-electron chi connectivity index (χ2n) is 6.79. The van der Waals surface area contributed by atoms with Crippen molar-refractivity contribution < 1.29 is 23.5 Å². The highest BCUT2D eigenvalue weighted by Crippen LogP contribution is 2.39. The van der Waals surface area contributed by atoms with Gasteiger partial charge in [-0.15, -0.1) is 0 Å². The first-order chi connectivity index (χ1) is 10.4. The highest BCUT2D eigenvalue weighted by atomic mass is 28.4. The zero-order valence-corrected chi connectivity index (χ0v) is 15.8. The van der Waals surface area contributed by atoms with Crippen LogP contribution in [0, 0.1) is 0 Å². The van der Waals surface area contributed by atoms with E-state index < -0.39 is 20.3 Å². The molecule has 0 unspecified atom stereocenters. The van der Waals surface area contributed by atoms with Gasteiger partial charge in [0.1, 0.15) is 11.3 Å². The summed E-state index contributed by atoms with van der Waals surface area (Å²) in [6, 6.07) is 2.93. The Bertz CT molecular complexity index is 620. The Morgan fingerprint density at radius 3 is 2.00 bits per heavy atom. The molecule has 0 saturated carbocycles. The van der Waals surface area contributed by atoms with Crippen molar-refractivity contribution in [3.63, 3.8) is 0 Å². The maximum Gasteiger partial charge on any atom is 0.342 e. The van der Waals surface area contributed by atoms with E-state index in [1.807, 2.05) is 13.1 Å². The van der Waals surface area contributed by atoms with Crippen LogP contribution in [0.4, 0.5) is 5.69 Å². The van der Waals surface area contributed by atoms with E-state index >= 15 is 0 Å². The molecule has 0 amide bonds. The fourth-order valence-electron chi connectivity index (χ4n) is 1.73. The summed E-state index contributed by atoms with van der Waals surface area (Å²) in [5, 5.41) is -0.0869. The van der Waals surface area contributed by atoms with E-state index in [1.165, 1.54) is 20.3 Å². The van der Waals surface area contributed by atoms with Gasteiger partial charge in [0.05, 0.1) is 19.8 Å². The first-order valence-electron chi connectivity index (χ1n) is 7.23. The maximum atomic E-state index is 12.2. The van der Waals surface area contributed by atoms with Crippen LogP contribution >= 0.6 is 0 Å². The van der Waals surface area contributed by atoms with Crippen molar-refractivity contribution in [2.45, 2.75) is 38.9 Å². The Kier molecular flexibility index (Phi) is 5.47. The Morgan fingerprint density at radius 2 is 1.57 bits per heavy atom. The Balaban J connectivity index is 3.56. The van der Waals surface area contributed by atoms with Crippen LogP contribution in [0.2, 0.25) is 18.1 Å². The van der Waals surface area contributed by atoms with Crippen LogP contribution < -0.4 is 10.2 Å². The molecule has 1 rings (SSSR count). The number of nitrogen functional groups attached to an aromatic ring is 1. The van der Waals surface area contributed by atoms with Gasteiger partial charge in [0.25, 0.3) is 8.32 Å². The largest absolute Gasteiger partial charge is 0.543 e. The molecule has 1 aromatic rings. The van der Waals surface area contributed by atoms with Crippen LogP contribution in [-0.4, -0.2) is 34.5 Å². The molecule has 2 N–H and O–H groups in total. The molecule has 0 aromatic heterocycles. The number of ether oxygens (including phenoxy) is 2. The van der Waals surface area contributed by atoms with Crippen LogP contribution in [0.1, 0.15) is 41.5 Å². The lowest BCUT2D eigenvalue weighted by atomic mass is 10.1. The molecule has 0 heterocycles. The third-order valence-electron chi connectivity index (χ3n) is 4.09. The number of methoxy groups -OCH3 is 2. The van der Waals surface area contributed by atoms with Crippen molar-refractivity contribution in [3.05, 3.63) is 23.3 Å². The van der Waals surface area contributed by atoms with Crippen molar-refractivity contribution in [3.8, 4) is 5.75 Å². The Labute approximate surface area is 138 Å². The molecule has 6 nitrogen and oxygen atoms in total. The minimum Gasteiger partial charge on any atom is -0.543 e. The number of carbonyl (C=O) groups excluding carboxylic acids is 2. The minimum atomic E-state index is -2.24. The predicted molar refractivity (Wildman–Crippen MR) is 91.4 cm³/mol. The molecule has 0 aliphatic heterocycles. The number of hydrogen-bond donors (Lipinski definition) is 1. The molecule has 7 heteroatoms. The minimum absolute atomic E-state index is 0.0352. The molecule has 23 heavy (non-hydrogen) atoms. The number of nitrogens with two attached hydrogens (primary N) is 1. The van der Waals surface area contributed by atoms with E-state index in [2.05, 4.69) is 20.8 Å². The van der Waals surface area contributed by atoms with Gasteiger partial charge < -0.3 is 19.6 Å². The lowest BCUT2D eigenvalue weighted by Gasteiger charge is -2.37. The summed E-state index contributed by atoms with van der Waals surface area (Å²) < 4.78 is 15.7. The van der Waals surface area contributed by atoms with Gasteiger partial charge in [0, 0.05) is 11.8 Å². The maximum absolute atomic E-state index is 12.2. The fourth-order valence-corrected chi connectivity index (χ4v) is 2.75. The van der Waals surface area contributed by atoms with Gasteiger partial charge in [-0.25, -0.2) is 9.59 Å². The van der Waals surface area contributed by atoms with Crippen LogP contribution in [0.5, 0.6) is 5.75 Å². The smallest absolute Gasteiger partial charge is 0.342 e. The highest BCUT2D eigenvalue weighted by Gasteiger charge is 2.40. The number of rotatable bonds is 4. The van der Waals surface area contributed by atoms with Crippen molar-refractivity contribution in [1.29, 1.82) is 0 Å². The molecule has 128 valence electrons. The first kappa shape index (κ1) is 19.0. The van der Waals surface area contributed by atoms with Crippen LogP contribution in [-0.2, 0) is 9.47 Å². The molecule has 1 aromatic carbocycles. The van der Waals surface area contributed by atoms with Crippen molar-refractivity contribution >= 4 is 25.9 Å². The molecule has 0 fully saturated rings. The number of anilines is 1. The van der Waals surface area contributed by atoms with Crippen molar-refractivity contribution in [2.75, 3.05) is 20.0 Å². The van der Waals surface area contributed by atoms with Gasteiger partial charge >= 0.3 is 11.9 Å². The lowest BCUT2D eigenvalue weighted by Crippen LogP contribution is -2.44. The molecule has 0 bridgehead atoms. The van der Waals surface area contributed by atoms with E-state index in [0.29, 0.717) is 5.69 Å². The topological polar surface area (TPSA) is 87.9 Å². The van der Waals surface area contributed by atoms with Gasteiger partial charge in [0.15, 0.2) is 0 Å². The standard InChI is InChI=1S/C16H25NO5Si/c1-16(2,3)23(6,7)22-12-9-10(17)8-11(14(18)20-4)13(12)15(19)21-5/h8-9H,17H2,1-7H3. The summed E-state index contributed by atoms with van der Waals surface area (Å²) in [5.74, 6) is -1.08. The van der Waals surface area contributed by atoms with Gasteiger partial charge in [-0.2, -0.15) is 0 Å². The summed E-state index contributed by atoms with van der Waals surface area (Å²) in [5.41, 5.74) is 6.25. The molecule has 0 spiro atoms. The zero-order valence-electron chi connectivity index (χ0n) is 14.8. The van der Waals surface area contributed by atoms with E-state index in [9.17, 15) is 9.59 Å². The number of carbonyl (C=O) groups is 2. The van der Waals surface area contributed by atoms with E-state index in [0.717, 1.165) is 0 Å². The van der Waals surface area contributed by atoms with E-state index in [-0.39, 0.29) is 21.9 Å². The summed E-state index contributed by atoms with van der Waals surface area (Å²) in [6.45, 7) is 10.3. The number of hydrogen-bond acceptors (Lipinski definition) is 6. The molecule has 0 atom stereocenters. The van der Waals surface area contributed by atoms with Gasteiger partial charge in [0.2, 0.25) is 0 Å². The summed E-state index contributed by atoms with van der Waals surface area (Å²) in [7, 11) is 0.241. The predicted octanol–water partition coefficient (Wildman–Crippen LogP) is 3.23. The SMILES string of the molecule is COC(=O)c1cc(N)cc(O[Si](C)(C)C(C)(C)C)c1C(=O)OC. The normalized spacial score (nSPS) is 11.8. The van der Waals surface area contributed by atoms with Gasteiger partial charge in [-0.3, -0.25) is 0 Å². The second kappa shape index (κ2) is 6.62. The number of benzene rings is 1. The van der Waals surface area contributed by atoms with Gasteiger partial charge in [-0.1, -0.05) is 20.8 Å². The third-order valence-corrected chi connectivity index (χ3v) is 8.43. The third kappa shape index (κ3) is 4.04. The molecular formula is C16H25NO5Si. The monoisotopic (exact) mass is 339 g/mol. The Morgan fingerprint density at radius 1 is 1.04 bits per heavy atom. The first-order valence-corrected chi connectivity index (χ1v) is 10.1. The summed E-state index contributed by atoms with van der Waals surface area (Å²) in [4.78, 5) is 24.2. The zero-order chi connectivity index (χ0) is 18.0. The van der Waals surface area contributed by atoms with E-state index in [1.54, 1.807) is 6.07 Å². The van der Waals surface area contributed by atoms with Crippen LogP contribution in [0.3, 0.4) is 0 Å². The molecule has 0 aliphatic carbocycles. The highest BCUT2D eigenvalue weighted by molar-refractivity contribution is 6.74. The van der Waals surface area contributed by atoms with Crippen LogP contribution in [0.15, 0.2) is 12.1 Å². The average molecular weight is 339 g/mol. The molecule has 0 aliphatic rings. The molecule has 0 saturated heterocycles. The summed E-state index contributed by atoms with van der Waals surface area (Å²) >= 11 is 0. The van der Waals surface area contributed by atoms with E-state index in [4.69, 9.17) is 19.6 Å². The average Bonchev–Trinajstić information content (AvgIpc) is 2.43. The summed E-state index contributed by atoms with van der Waals surface area (Å²) in [6.07, 6.45) is 0. The second-order valence-corrected chi connectivity index (χ2v) is 11.5. The Hall–Kier alpha value is -2.02. The van der Waals surface area contributed by atoms with Crippen molar-refractivity contribution in [1.82, 2.24) is 0 Å².